The van der Waals surface area contributed by atoms with Gasteiger partial charge in [-0.1, -0.05) is 18.1 Å². The fourth-order valence-corrected chi connectivity index (χ4v) is 2.71. The van der Waals surface area contributed by atoms with Crippen LogP contribution in [0.2, 0.25) is 0 Å². The number of aliphatic hydroxyl groups is 1. The van der Waals surface area contributed by atoms with Crippen molar-refractivity contribution in [3.8, 4) is 0 Å². The predicted molar refractivity (Wildman–Crippen MR) is 77.8 cm³/mol. The van der Waals surface area contributed by atoms with Crippen molar-refractivity contribution in [1.29, 1.82) is 0 Å². The predicted octanol–water partition coefficient (Wildman–Crippen LogP) is 1.98. The van der Waals surface area contributed by atoms with Gasteiger partial charge in [0, 0.05) is 25.7 Å². The molecule has 2 aromatic heterocycles. The molecule has 2 aromatic rings. The SMILES string of the molecule is CCc1nnc(N2CCC([C@@H](O)c3ccccn3)CC2)o1. The van der Waals surface area contributed by atoms with Crippen molar-refractivity contribution in [2.24, 2.45) is 5.92 Å². The molecule has 112 valence electrons. The van der Waals surface area contributed by atoms with E-state index in [0.717, 1.165) is 38.0 Å². The molecular formula is C15H20N4O2. The maximum atomic E-state index is 10.4. The minimum Gasteiger partial charge on any atom is -0.408 e. The van der Waals surface area contributed by atoms with Crippen LogP contribution in [-0.2, 0) is 6.42 Å². The summed E-state index contributed by atoms with van der Waals surface area (Å²) in [7, 11) is 0. The molecule has 1 aliphatic rings. The van der Waals surface area contributed by atoms with Gasteiger partial charge in [-0.3, -0.25) is 4.98 Å². The van der Waals surface area contributed by atoms with E-state index in [1.54, 1.807) is 6.20 Å². The summed E-state index contributed by atoms with van der Waals surface area (Å²) in [6.07, 6.45) is 3.76. The Kier molecular flexibility index (Phi) is 4.15. The van der Waals surface area contributed by atoms with E-state index in [-0.39, 0.29) is 5.92 Å². The summed E-state index contributed by atoms with van der Waals surface area (Å²) in [6.45, 7) is 3.63. The van der Waals surface area contributed by atoms with Gasteiger partial charge in [-0.15, -0.1) is 5.10 Å². The van der Waals surface area contributed by atoms with Gasteiger partial charge in [-0.05, 0) is 30.9 Å². The van der Waals surface area contributed by atoms with E-state index in [0.29, 0.717) is 11.9 Å². The smallest absolute Gasteiger partial charge is 0.318 e. The highest BCUT2D eigenvalue weighted by molar-refractivity contribution is 5.25. The monoisotopic (exact) mass is 288 g/mol. The minimum absolute atomic E-state index is 0.227. The topological polar surface area (TPSA) is 75.3 Å². The third-order valence-corrected chi connectivity index (χ3v) is 4.01. The van der Waals surface area contributed by atoms with E-state index in [4.69, 9.17) is 4.42 Å². The van der Waals surface area contributed by atoms with Gasteiger partial charge in [0.05, 0.1) is 11.8 Å². The molecule has 0 bridgehead atoms. The number of hydrogen-bond donors (Lipinski definition) is 1. The van der Waals surface area contributed by atoms with Gasteiger partial charge in [-0.25, -0.2) is 0 Å². The molecule has 0 radical (unpaired) electrons. The van der Waals surface area contributed by atoms with Crippen molar-refractivity contribution in [2.45, 2.75) is 32.3 Å². The van der Waals surface area contributed by atoms with Gasteiger partial charge < -0.3 is 14.4 Å². The second-order valence-corrected chi connectivity index (χ2v) is 5.36. The summed E-state index contributed by atoms with van der Waals surface area (Å²) >= 11 is 0. The van der Waals surface area contributed by atoms with Gasteiger partial charge in [0.15, 0.2) is 0 Å². The first-order valence-corrected chi connectivity index (χ1v) is 7.44. The standard InChI is InChI=1S/C15H20N4O2/c1-2-13-17-18-15(21-13)19-9-6-11(7-10-19)14(20)12-5-3-4-8-16-12/h3-5,8,11,14,20H,2,6-7,9-10H2,1H3/t14-/m1/s1. The summed E-state index contributed by atoms with van der Waals surface area (Å²) in [4.78, 5) is 6.33. The Labute approximate surface area is 123 Å². The molecule has 1 aliphatic heterocycles. The van der Waals surface area contributed by atoms with Gasteiger partial charge >= 0.3 is 6.01 Å². The molecule has 1 saturated heterocycles. The van der Waals surface area contributed by atoms with E-state index in [1.165, 1.54) is 0 Å². The Balaban J connectivity index is 1.60. The van der Waals surface area contributed by atoms with Gasteiger partial charge in [0.25, 0.3) is 0 Å². The Morgan fingerprint density at radius 1 is 1.33 bits per heavy atom. The van der Waals surface area contributed by atoms with Crippen LogP contribution < -0.4 is 4.90 Å². The second kappa shape index (κ2) is 6.22. The summed E-state index contributed by atoms with van der Waals surface area (Å²) in [5.41, 5.74) is 0.752. The average Bonchev–Trinajstić information content (AvgIpc) is 3.04. The molecule has 3 heterocycles. The molecule has 1 atom stereocenters. The van der Waals surface area contributed by atoms with Crippen molar-refractivity contribution < 1.29 is 9.52 Å². The van der Waals surface area contributed by atoms with Crippen molar-refractivity contribution in [3.63, 3.8) is 0 Å². The quantitative estimate of drug-likeness (QED) is 0.927. The van der Waals surface area contributed by atoms with Crippen LogP contribution in [0.15, 0.2) is 28.8 Å². The maximum absolute atomic E-state index is 10.4. The van der Waals surface area contributed by atoms with Crippen LogP contribution in [0.3, 0.4) is 0 Å². The Morgan fingerprint density at radius 2 is 2.14 bits per heavy atom. The van der Waals surface area contributed by atoms with E-state index < -0.39 is 6.10 Å². The van der Waals surface area contributed by atoms with Crippen molar-refractivity contribution in [2.75, 3.05) is 18.0 Å². The number of anilines is 1. The number of rotatable bonds is 4. The first kappa shape index (κ1) is 14.0. The van der Waals surface area contributed by atoms with Crippen molar-refractivity contribution in [1.82, 2.24) is 15.2 Å². The molecule has 0 spiro atoms. The summed E-state index contributed by atoms with van der Waals surface area (Å²) in [5.74, 6) is 0.894. The Morgan fingerprint density at radius 3 is 2.76 bits per heavy atom. The van der Waals surface area contributed by atoms with Crippen LogP contribution in [0, 0.1) is 5.92 Å². The summed E-state index contributed by atoms with van der Waals surface area (Å²) < 4.78 is 5.58. The molecule has 0 unspecified atom stereocenters. The zero-order valence-electron chi connectivity index (χ0n) is 12.1. The molecule has 1 N–H and O–H groups in total. The van der Waals surface area contributed by atoms with E-state index in [9.17, 15) is 5.11 Å². The highest BCUT2D eigenvalue weighted by atomic mass is 16.4. The summed E-state index contributed by atoms with van der Waals surface area (Å²) in [6, 6.07) is 6.24. The van der Waals surface area contributed by atoms with Crippen LogP contribution >= 0.6 is 0 Å². The van der Waals surface area contributed by atoms with E-state index in [2.05, 4.69) is 20.1 Å². The Hall–Kier alpha value is -1.95. The van der Waals surface area contributed by atoms with Gasteiger partial charge in [0.2, 0.25) is 5.89 Å². The second-order valence-electron chi connectivity index (χ2n) is 5.36. The maximum Gasteiger partial charge on any atom is 0.318 e. The first-order chi connectivity index (χ1) is 10.3. The molecular weight excluding hydrogens is 268 g/mol. The fraction of sp³-hybridized carbons (Fsp3) is 0.533. The summed E-state index contributed by atoms with van der Waals surface area (Å²) in [5, 5.41) is 18.5. The Bertz CT molecular complexity index is 564. The zero-order valence-corrected chi connectivity index (χ0v) is 12.1. The van der Waals surface area contributed by atoms with Crippen molar-refractivity contribution >= 4 is 6.01 Å². The number of aryl methyl sites for hydroxylation is 1. The van der Waals surface area contributed by atoms with E-state index >= 15 is 0 Å². The lowest BCUT2D eigenvalue weighted by Gasteiger charge is -2.32. The molecule has 6 nitrogen and oxygen atoms in total. The third-order valence-electron chi connectivity index (χ3n) is 4.01. The number of pyridine rings is 1. The molecule has 0 aromatic carbocycles. The average molecular weight is 288 g/mol. The van der Waals surface area contributed by atoms with Crippen LogP contribution in [0.4, 0.5) is 6.01 Å². The van der Waals surface area contributed by atoms with Gasteiger partial charge in [0.1, 0.15) is 0 Å². The zero-order chi connectivity index (χ0) is 14.7. The van der Waals surface area contributed by atoms with Crippen molar-refractivity contribution in [3.05, 3.63) is 36.0 Å². The lowest BCUT2D eigenvalue weighted by molar-refractivity contribution is 0.0884. The number of nitrogens with zero attached hydrogens (tertiary/aromatic N) is 4. The minimum atomic E-state index is -0.498. The number of aromatic nitrogens is 3. The molecule has 1 fully saturated rings. The fourth-order valence-electron chi connectivity index (χ4n) is 2.71. The lowest BCUT2D eigenvalue weighted by Crippen LogP contribution is -2.36. The largest absolute Gasteiger partial charge is 0.408 e. The third kappa shape index (κ3) is 3.05. The highest BCUT2D eigenvalue weighted by Crippen LogP contribution is 2.31. The molecule has 21 heavy (non-hydrogen) atoms. The normalized spacial score (nSPS) is 17.9. The lowest BCUT2D eigenvalue weighted by atomic mass is 9.89. The molecule has 0 aliphatic carbocycles. The molecule has 0 amide bonds. The van der Waals surface area contributed by atoms with Crippen LogP contribution in [0.5, 0.6) is 0 Å². The molecule has 0 saturated carbocycles. The molecule has 3 rings (SSSR count). The van der Waals surface area contributed by atoms with Crippen LogP contribution in [0.1, 0.15) is 37.5 Å². The molecule has 6 heteroatoms. The number of aliphatic hydroxyl groups excluding tert-OH is 1. The first-order valence-electron chi connectivity index (χ1n) is 7.44. The highest BCUT2D eigenvalue weighted by Gasteiger charge is 2.28. The van der Waals surface area contributed by atoms with Gasteiger partial charge in [-0.2, -0.15) is 0 Å². The van der Waals surface area contributed by atoms with E-state index in [1.807, 2.05) is 25.1 Å². The van der Waals surface area contributed by atoms with Crippen LogP contribution in [-0.4, -0.2) is 33.4 Å². The number of piperidine rings is 1. The van der Waals surface area contributed by atoms with Crippen LogP contribution in [0.25, 0.3) is 0 Å². The number of hydrogen-bond acceptors (Lipinski definition) is 6.